The van der Waals surface area contributed by atoms with E-state index in [1.807, 2.05) is 6.07 Å². The first-order valence-electron chi connectivity index (χ1n) is 5.26. The molecule has 5 heteroatoms. The van der Waals surface area contributed by atoms with Crippen molar-refractivity contribution in [2.45, 2.75) is 6.42 Å². The van der Waals surface area contributed by atoms with Crippen LogP contribution in [0.2, 0.25) is 0 Å². The summed E-state index contributed by atoms with van der Waals surface area (Å²) in [7, 11) is 0. The SMILES string of the molecule is C=CCOC(=O)C(=[N+]=[N-])C(=O)Cc1ccccc1. The zero-order chi connectivity index (χ0) is 13.4. The monoisotopic (exact) mass is 244 g/mol. The van der Waals surface area contributed by atoms with Crippen molar-refractivity contribution in [3.8, 4) is 0 Å². The highest BCUT2D eigenvalue weighted by molar-refractivity contribution is 6.62. The summed E-state index contributed by atoms with van der Waals surface area (Å²) in [6.07, 6.45) is 1.33. The molecular weight excluding hydrogens is 232 g/mol. The van der Waals surface area contributed by atoms with Gasteiger partial charge >= 0.3 is 11.7 Å². The van der Waals surface area contributed by atoms with Crippen LogP contribution >= 0.6 is 0 Å². The van der Waals surface area contributed by atoms with Gasteiger partial charge in [0, 0.05) is 6.42 Å². The van der Waals surface area contributed by atoms with E-state index in [2.05, 4.69) is 16.1 Å². The lowest BCUT2D eigenvalue weighted by atomic mass is 10.1. The number of carbonyl (C=O) groups is 2. The number of carbonyl (C=O) groups excluding carboxylic acids is 2. The van der Waals surface area contributed by atoms with Crippen LogP contribution in [0, 0.1) is 0 Å². The number of rotatable bonds is 6. The molecule has 0 saturated heterocycles. The Morgan fingerprint density at radius 1 is 1.33 bits per heavy atom. The number of esters is 1. The molecule has 18 heavy (non-hydrogen) atoms. The zero-order valence-corrected chi connectivity index (χ0v) is 9.70. The van der Waals surface area contributed by atoms with Crippen LogP contribution in [0.3, 0.4) is 0 Å². The molecule has 0 atom stereocenters. The van der Waals surface area contributed by atoms with Gasteiger partial charge in [0.1, 0.15) is 6.61 Å². The third-order valence-corrected chi connectivity index (χ3v) is 2.10. The molecule has 0 unspecified atom stereocenters. The van der Waals surface area contributed by atoms with Gasteiger partial charge in [-0.2, -0.15) is 4.79 Å². The quantitative estimate of drug-likeness (QED) is 0.188. The first kappa shape index (κ1) is 13.5. The molecular formula is C13H12N2O3. The van der Waals surface area contributed by atoms with E-state index in [4.69, 9.17) is 5.53 Å². The van der Waals surface area contributed by atoms with Gasteiger partial charge in [0.05, 0.1) is 0 Å². The van der Waals surface area contributed by atoms with E-state index in [1.165, 1.54) is 6.08 Å². The summed E-state index contributed by atoms with van der Waals surface area (Å²) in [5.41, 5.74) is 8.80. The Hall–Kier alpha value is -2.52. The Labute approximate surface area is 104 Å². The van der Waals surface area contributed by atoms with Gasteiger partial charge in [-0.3, -0.25) is 4.79 Å². The van der Waals surface area contributed by atoms with Crippen molar-refractivity contribution in [1.29, 1.82) is 0 Å². The number of benzene rings is 1. The van der Waals surface area contributed by atoms with E-state index in [0.717, 1.165) is 5.56 Å². The first-order chi connectivity index (χ1) is 8.69. The van der Waals surface area contributed by atoms with E-state index >= 15 is 0 Å². The fourth-order valence-corrected chi connectivity index (χ4v) is 1.28. The van der Waals surface area contributed by atoms with Crippen molar-refractivity contribution < 1.29 is 19.1 Å². The Morgan fingerprint density at radius 3 is 2.56 bits per heavy atom. The molecule has 0 amide bonds. The zero-order valence-electron chi connectivity index (χ0n) is 9.70. The van der Waals surface area contributed by atoms with Crippen LogP contribution in [-0.4, -0.2) is 28.9 Å². The summed E-state index contributed by atoms with van der Waals surface area (Å²) in [4.78, 5) is 25.8. The second-order valence-electron chi connectivity index (χ2n) is 3.42. The largest absolute Gasteiger partial charge is 0.453 e. The molecule has 0 fully saturated rings. The van der Waals surface area contributed by atoms with Crippen molar-refractivity contribution in [2.24, 2.45) is 0 Å². The van der Waals surface area contributed by atoms with Gasteiger partial charge in [0.2, 0.25) is 0 Å². The first-order valence-corrected chi connectivity index (χ1v) is 5.26. The van der Waals surface area contributed by atoms with E-state index in [-0.39, 0.29) is 13.0 Å². The van der Waals surface area contributed by atoms with Gasteiger partial charge in [0.25, 0.3) is 5.78 Å². The maximum Gasteiger partial charge on any atom is 0.441 e. The summed E-state index contributed by atoms with van der Waals surface area (Å²) in [6, 6.07) is 8.83. The van der Waals surface area contributed by atoms with Crippen LogP contribution in [0.1, 0.15) is 5.56 Å². The van der Waals surface area contributed by atoms with Gasteiger partial charge in [-0.05, 0) is 5.56 Å². The minimum atomic E-state index is -0.960. The van der Waals surface area contributed by atoms with Gasteiger partial charge in [-0.1, -0.05) is 43.0 Å². The number of Topliss-reactive ketones (excluding diaryl/α,β-unsaturated/α-hetero) is 1. The lowest BCUT2D eigenvalue weighted by molar-refractivity contribution is -0.141. The second-order valence-corrected chi connectivity index (χ2v) is 3.42. The molecule has 1 aromatic carbocycles. The van der Waals surface area contributed by atoms with Crippen molar-refractivity contribution in [1.82, 2.24) is 0 Å². The predicted octanol–water partition coefficient (Wildman–Crippen LogP) is 1.20. The minimum absolute atomic E-state index is 0.0244. The Balaban J connectivity index is 2.72. The molecule has 0 aliphatic carbocycles. The molecule has 92 valence electrons. The van der Waals surface area contributed by atoms with Crippen LogP contribution in [0.15, 0.2) is 43.0 Å². The summed E-state index contributed by atoms with van der Waals surface area (Å²) < 4.78 is 4.63. The molecule has 0 aromatic heterocycles. The summed E-state index contributed by atoms with van der Waals surface area (Å²) in [6.45, 7) is 3.32. The van der Waals surface area contributed by atoms with E-state index in [9.17, 15) is 9.59 Å². The van der Waals surface area contributed by atoms with Gasteiger partial charge < -0.3 is 10.3 Å². The molecule has 0 aliphatic heterocycles. The van der Waals surface area contributed by atoms with E-state index < -0.39 is 17.5 Å². The molecule has 1 rings (SSSR count). The average molecular weight is 244 g/mol. The van der Waals surface area contributed by atoms with Crippen molar-refractivity contribution in [2.75, 3.05) is 6.61 Å². The molecule has 0 radical (unpaired) electrons. The standard InChI is InChI=1S/C13H12N2O3/c1-2-8-18-13(17)12(15-14)11(16)9-10-6-4-3-5-7-10/h2-7H,1,8-9H2. The highest BCUT2D eigenvalue weighted by Crippen LogP contribution is 2.01. The topological polar surface area (TPSA) is 79.8 Å². The fourth-order valence-electron chi connectivity index (χ4n) is 1.28. The highest BCUT2D eigenvalue weighted by atomic mass is 16.5. The van der Waals surface area contributed by atoms with E-state index in [1.54, 1.807) is 24.3 Å². The molecule has 0 saturated carbocycles. The maximum atomic E-state index is 11.7. The van der Waals surface area contributed by atoms with Crippen LogP contribution < -0.4 is 0 Å². The van der Waals surface area contributed by atoms with Crippen LogP contribution in [-0.2, 0) is 20.7 Å². The Bertz CT molecular complexity index is 502. The van der Waals surface area contributed by atoms with Crippen molar-refractivity contribution in [3.63, 3.8) is 0 Å². The smallest absolute Gasteiger partial charge is 0.441 e. The summed E-state index contributed by atoms with van der Waals surface area (Å²) >= 11 is 0. The molecule has 0 aliphatic rings. The van der Waals surface area contributed by atoms with E-state index in [0.29, 0.717) is 0 Å². The summed E-state index contributed by atoms with van der Waals surface area (Å²) in [5, 5.41) is 0. The Kier molecular flexibility index (Phi) is 5.22. The van der Waals surface area contributed by atoms with Crippen LogP contribution in [0.4, 0.5) is 0 Å². The van der Waals surface area contributed by atoms with Crippen LogP contribution in [0.25, 0.3) is 5.53 Å². The third kappa shape index (κ3) is 3.81. The number of ether oxygens (including phenoxy) is 1. The third-order valence-electron chi connectivity index (χ3n) is 2.10. The molecule has 0 bridgehead atoms. The fraction of sp³-hybridized carbons (Fsp3) is 0.154. The second kappa shape index (κ2) is 6.93. The minimum Gasteiger partial charge on any atom is -0.453 e. The van der Waals surface area contributed by atoms with Crippen LogP contribution in [0.5, 0.6) is 0 Å². The molecule has 0 N–H and O–H groups in total. The predicted molar refractivity (Wildman–Crippen MR) is 64.9 cm³/mol. The summed E-state index contributed by atoms with van der Waals surface area (Å²) in [5.74, 6) is -1.56. The maximum absolute atomic E-state index is 11.7. The molecule has 0 heterocycles. The van der Waals surface area contributed by atoms with Crippen molar-refractivity contribution in [3.05, 3.63) is 54.1 Å². The highest BCUT2D eigenvalue weighted by Gasteiger charge is 2.30. The molecule has 1 aromatic rings. The number of hydrogen-bond donors (Lipinski definition) is 0. The molecule has 0 spiro atoms. The average Bonchev–Trinajstić information content (AvgIpc) is 2.38. The lowest BCUT2D eigenvalue weighted by Gasteiger charge is -1.98. The van der Waals surface area contributed by atoms with Crippen molar-refractivity contribution >= 4 is 17.5 Å². The lowest BCUT2D eigenvalue weighted by Crippen LogP contribution is -2.28. The van der Waals surface area contributed by atoms with Gasteiger partial charge in [0.15, 0.2) is 0 Å². The van der Waals surface area contributed by atoms with Gasteiger partial charge in [-0.15, -0.1) is 0 Å². The normalized spacial score (nSPS) is 9.11. The number of nitrogens with zero attached hydrogens (tertiary/aromatic N) is 2. The molecule has 5 nitrogen and oxygen atoms in total. The Morgan fingerprint density at radius 2 is 2.00 bits per heavy atom. The number of ketones is 1. The number of hydrogen-bond acceptors (Lipinski definition) is 3. The van der Waals surface area contributed by atoms with Gasteiger partial charge in [-0.25, -0.2) is 4.79 Å².